The zero-order chi connectivity index (χ0) is 22.0. The molecular formula is C22H20ClFN6O2. The van der Waals surface area contributed by atoms with E-state index in [0.29, 0.717) is 35.3 Å². The highest BCUT2D eigenvalue weighted by Gasteiger charge is 2.40. The van der Waals surface area contributed by atoms with Gasteiger partial charge < -0.3 is 14.3 Å². The Morgan fingerprint density at radius 1 is 1.41 bits per heavy atom. The Labute approximate surface area is 187 Å². The van der Waals surface area contributed by atoms with Crippen molar-refractivity contribution in [1.82, 2.24) is 29.5 Å². The molecule has 1 aliphatic carbocycles. The molecule has 0 saturated heterocycles. The quantitative estimate of drug-likeness (QED) is 0.493. The summed E-state index contributed by atoms with van der Waals surface area (Å²) in [4.78, 5) is 27.3. The van der Waals surface area contributed by atoms with Crippen molar-refractivity contribution in [2.24, 2.45) is 0 Å². The fourth-order valence-corrected chi connectivity index (χ4v) is 4.55. The van der Waals surface area contributed by atoms with Crippen LogP contribution in [0.25, 0.3) is 5.52 Å². The number of hydrogen-bond acceptors (Lipinski definition) is 5. The number of carbonyl (C=O) groups is 1. The maximum Gasteiger partial charge on any atom is 0.292 e. The molecule has 1 amide bonds. The van der Waals surface area contributed by atoms with E-state index < -0.39 is 18.1 Å². The van der Waals surface area contributed by atoms with Crippen molar-refractivity contribution >= 4 is 23.0 Å². The van der Waals surface area contributed by atoms with Gasteiger partial charge in [-0.2, -0.15) is 5.10 Å². The van der Waals surface area contributed by atoms with E-state index in [1.165, 1.54) is 6.92 Å². The smallest absolute Gasteiger partial charge is 0.292 e. The van der Waals surface area contributed by atoms with Crippen molar-refractivity contribution in [1.29, 1.82) is 0 Å². The molecule has 10 heteroatoms. The molecule has 0 bridgehead atoms. The minimum Gasteiger partial charge on any atom is -0.435 e. The largest absolute Gasteiger partial charge is 0.435 e. The molecule has 1 fully saturated rings. The van der Waals surface area contributed by atoms with Gasteiger partial charge in [-0.05, 0) is 38.0 Å². The summed E-state index contributed by atoms with van der Waals surface area (Å²) in [6.45, 7) is 1.77. The number of nitrogens with zero attached hydrogens (tertiary/aromatic N) is 5. The molecule has 32 heavy (non-hydrogen) atoms. The average molecular weight is 455 g/mol. The zero-order valence-electron chi connectivity index (χ0n) is 17.3. The molecular weight excluding hydrogens is 435 g/mol. The molecule has 1 aliphatic heterocycles. The van der Waals surface area contributed by atoms with Gasteiger partial charge in [0.25, 0.3) is 5.91 Å². The van der Waals surface area contributed by atoms with Crippen LogP contribution in [0.5, 0.6) is 0 Å². The number of pyridine rings is 1. The van der Waals surface area contributed by atoms with Gasteiger partial charge in [-0.3, -0.25) is 4.79 Å². The lowest BCUT2D eigenvalue weighted by atomic mass is 9.99. The first-order chi connectivity index (χ1) is 15.5. The highest BCUT2D eigenvalue weighted by Crippen LogP contribution is 2.42. The van der Waals surface area contributed by atoms with Crippen molar-refractivity contribution < 1.29 is 13.6 Å². The van der Waals surface area contributed by atoms with E-state index in [2.05, 4.69) is 20.1 Å². The lowest BCUT2D eigenvalue weighted by Crippen LogP contribution is -2.41. The molecule has 0 radical (unpaired) electrons. The molecule has 0 aromatic carbocycles. The molecule has 1 unspecified atom stereocenters. The molecule has 1 saturated carbocycles. The van der Waals surface area contributed by atoms with Gasteiger partial charge >= 0.3 is 0 Å². The number of imidazole rings is 1. The van der Waals surface area contributed by atoms with Crippen molar-refractivity contribution in [3.8, 4) is 0 Å². The Morgan fingerprint density at radius 2 is 2.25 bits per heavy atom. The molecule has 0 spiro atoms. The van der Waals surface area contributed by atoms with Gasteiger partial charge in [0.15, 0.2) is 5.89 Å². The summed E-state index contributed by atoms with van der Waals surface area (Å²) in [6, 6.07) is 4.88. The van der Waals surface area contributed by atoms with E-state index in [1.54, 1.807) is 34.1 Å². The minimum atomic E-state index is -1.41. The summed E-state index contributed by atoms with van der Waals surface area (Å²) in [5.41, 5.74) is 3.06. The summed E-state index contributed by atoms with van der Waals surface area (Å²) in [6.07, 6.45) is 4.48. The topological polar surface area (TPSA) is 92.3 Å². The Morgan fingerprint density at radius 3 is 3.00 bits per heavy atom. The number of fused-ring (bicyclic) bond motifs is 2. The van der Waals surface area contributed by atoms with Crippen LogP contribution in [0.15, 0.2) is 35.1 Å². The first-order valence-electron chi connectivity index (χ1n) is 10.6. The lowest BCUT2D eigenvalue weighted by molar-refractivity contribution is 0.0648. The van der Waals surface area contributed by atoms with Crippen molar-refractivity contribution in [3.05, 3.63) is 70.2 Å². The van der Waals surface area contributed by atoms with Gasteiger partial charge in [-0.25, -0.2) is 18.9 Å². The molecule has 5 heterocycles. The SMILES string of the molecule is CC(F)c1nc(C2CC2)oc1C(=O)N1CCc2[nH]cnc2[C@H]1c1cc2c(Cl)cccn2n1. The van der Waals surface area contributed by atoms with E-state index in [4.69, 9.17) is 16.0 Å². The van der Waals surface area contributed by atoms with Gasteiger partial charge in [0.1, 0.15) is 17.9 Å². The third-order valence-corrected chi connectivity index (χ3v) is 6.42. The average Bonchev–Trinajstić information content (AvgIpc) is 3.18. The van der Waals surface area contributed by atoms with Gasteiger partial charge in [-0.1, -0.05) is 11.6 Å². The van der Waals surface area contributed by atoms with Crippen LogP contribution in [-0.2, 0) is 6.42 Å². The number of alkyl halides is 1. The highest BCUT2D eigenvalue weighted by atomic mass is 35.5. The van der Waals surface area contributed by atoms with Gasteiger partial charge in [-0.15, -0.1) is 0 Å². The predicted molar refractivity (Wildman–Crippen MR) is 113 cm³/mol. The van der Waals surface area contributed by atoms with Crippen LogP contribution in [0.4, 0.5) is 4.39 Å². The van der Waals surface area contributed by atoms with Crippen LogP contribution < -0.4 is 0 Å². The number of aromatic amines is 1. The van der Waals surface area contributed by atoms with Crippen molar-refractivity contribution in [2.45, 2.75) is 44.3 Å². The summed E-state index contributed by atoms with van der Waals surface area (Å²) >= 11 is 6.35. The van der Waals surface area contributed by atoms with E-state index in [0.717, 1.165) is 24.1 Å². The number of hydrogen-bond donors (Lipinski definition) is 1. The number of aromatic nitrogens is 5. The van der Waals surface area contributed by atoms with E-state index in [-0.39, 0.29) is 17.4 Å². The molecule has 8 nitrogen and oxygen atoms in total. The molecule has 4 aromatic rings. The van der Waals surface area contributed by atoms with Crippen LogP contribution in [0.2, 0.25) is 5.02 Å². The third kappa shape index (κ3) is 3.02. The molecule has 1 N–H and O–H groups in total. The standard InChI is InChI=1S/C22H20ClFN6O2/c1-11(24)17-20(32-21(27-17)12-4-5-12)22(31)29-8-6-14-18(26-10-25-14)19(29)15-9-16-13(23)3-2-7-30(16)28-15/h2-3,7,9-12,19H,4-6,8H2,1H3,(H,25,26)/t11?,19-/m1/s1. The van der Waals surface area contributed by atoms with Gasteiger partial charge in [0.2, 0.25) is 5.76 Å². The Kier molecular flexibility index (Phi) is 4.36. The number of rotatable bonds is 4. The Bertz CT molecular complexity index is 1340. The van der Waals surface area contributed by atoms with Crippen LogP contribution in [0.1, 0.15) is 77.1 Å². The van der Waals surface area contributed by atoms with Crippen molar-refractivity contribution in [2.75, 3.05) is 6.54 Å². The molecule has 2 atom stereocenters. The molecule has 6 rings (SSSR count). The minimum absolute atomic E-state index is 0.0346. The molecule has 4 aromatic heterocycles. The van der Waals surface area contributed by atoms with E-state index >= 15 is 0 Å². The van der Waals surface area contributed by atoms with Gasteiger partial charge in [0, 0.05) is 30.8 Å². The summed E-state index contributed by atoms with van der Waals surface area (Å²) < 4.78 is 21.9. The monoisotopic (exact) mass is 454 g/mol. The maximum absolute atomic E-state index is 14.4. The first-order valence-corrected chi connectivity index (χ1v) is 11.0. The number of nitrogens with one attached hydrogen (secondary N) is 1. The number of carbonyl (C=O) groups excluding carboxylic acids is 1. The highest BCUT2D eigenvalue weighted by molar-refractivity contribution is 6.33. The molecule has 2 aliphatic rings. The summed E-state index contributed by atoms with van der Waals surface area (Å²) in [5, 5.41) is 5.22. The Balaban J connectivity index is 1.46. The third-order valence-electron chi connectivity index (χ3n) is 6.10. The zero-order valence-corrected chi connectivity index (χ0v) is 18.0. The maximum atomic E-state index is 14.4. The number of amides is 1. The van der Waals surface area contributed by atoms with E-state index in [1.807, 2.05) is 6.07 Å². The second-order valence-electron chi connectivity index (χ2n) is 8.33. The Hall–Kier alpha value is -3.20. The van der Waals surface area contributed by atoms with Crippen LogP contribution in [0, 0.1) is 0 Å². The van der Waals surface area contributed by atoms with Crippen molar-refractivity contribution in [3.63, 3.8) is 0 Å². The number of halogens is 2. The van der Waals surface area contributed by atoms with E-state index in [9.17, 15) is 9.18 Å². The number of H-pyrrole nitrogens is 1. The number of oxazole rings is 1. The second kappa shape index (κ2) is 7.16. The molecule has 164 valence electrons. The summed E-state index contributed by atoms with van der Waals surface area (Å²) in [7, 11) is 0. The van der Waals surface area contributed by atoms with Crippen LogP contribution >= 0.6 is 11.6 Å². The van der Waals surface area contributed by atoms with Crippen LogP contribution in [0.3, 0.4) is 0 Å². The van der Waals surface area contributed by atoms with Crippen LogP contribution in [-0.4, -0.2) is 41.9 Å². The predicted octanol–water partition coefficient (Wildman–Crippen LogP) is 4.39. The fourth-order valence-electron chi connectivity index (χ4n) is 4.34. The summed E-state index contributed by atoms with van der Waals surface area (Å²) in [5.74, 6) is 0.171. The fraction of sp³-hybridized carbons (Fsp3) is 0.364. The van der Waals surface area contributed by atoms with Gasteiger partial charge in [0.05, 0.1) is 28.3 Å². The normalized spacial score (nSPS) is 19.3. The lowest BCUT2D eigenvalue weighted by Gasteiger charge is -2.33. The second-order valence-corrected chi connectivity index (χ2v) is 8.74. The first kappa shape index (κ1) is 19.5.